The van der Waals surface area contributed by atoms with E-state index in [9.17, 15) is 13.2 Å². The molecule has 2 aromatic rings. The van der Waals surface area contributed by atoms with Crippen LogP contribution in [0.25, 0.3) is 0 Å². The van der Waals surface area contributed by atoms with Gasteiger partial charge in [0.25, 0.3) is 0 Å². The lowest BCUT2D eigenvalue weighted by Crippen LogP contribution is -2.15. The lowest BCUT2D eigenvalue weighted by atomic mass is 10.0. The number of hydrogen-bond acceptors (Lipinski definition) is 2. The Hall–Kier alpha value is -1.04. The van der Waals surface area contributed by atoms with E-state index in [1.165, 1.54) is 11.3 Å². The summed E-state index contributed by atoms with van der Waals surface area (Å²) in [6.45, 7) is 0. The molecule has 1 aromatic carbocycles. The van der Waals surface area contributed by atoms with Crippen LogP contribution in [-0.4, -0.2) is 0 Å². The van der Waals surface area contributed by atoms with Gasteiger partial charge in [-0.25, -0.2) is 13.2 Å². The van der Waals surface area contributed by atoms with Gasteiger partial charge >= 0.3 is 0 Å². The third-order valence-corrected chi connectivity index (χ3v) is 3.20. The highest BCUT2D eigenvalue weighted by molar-refractivity contribution is 7.10. The molecule has 0 saturated heterocycles. The minimum Gasteiger partial charge on any atom is -0.319 e. The van der Waals surface area contributed by atoms with Crippen molar-refractivity contribution in [2.45, 2.75) is 6.04 Å². The molecule has 0 aliphatic carbocycles. The Morgan fingerprint density at radius 1 is 1.06 bits per heavy atom. The minimum absolute atomic E-state index is 0. The topological polar surface area (TPSA) is 26.0 Å². The van der Waals surface area contributed by atoms with Crippen LogP contribution >= 0.6 is 23.7 Å². The van der Waals surface area contributed by atoms with Gasteiger partial charge in [-0.05, 0) is 23.6 Å². The zero-order valence-corrected chi connectivity index (χ0v) is 10.1. The van der Waals surface area contributed by atoms with E-state index in [2.05, 4.69) is 0 Å². The summed E-state index contributed by atoms with van der Waals surface area (Å²) in [5.41, 5.74) is 5.27. The van der Waals surface area contributed by atoms with Gasteiger partial charge in [-0.15, -0.1) is 23.7 Å². The van der Waals surface area contributed by atoms with E-state index < -0.39 is 29.1 Å². The fraction of sp³-hybridized carbons (Fsp3) is 0.0909. The number of rotatable bonds is 2. The van der Waals surface area contributed by atoms with Crippen LogP contribution in [0.3, 0.4) is 0 Å². The largest absolute Gasteiger partial charge is 0.319 e. The van der Waals surface area contributed by atoms with Gasteiger partial charge < -0.3 is 5.73 Å². The van der Waals surface area contributed by atoms with Crippen molar-refractivity contribution in [1.29, 1.82) is 0 Å². The molecule has 2 rings (SSSR count). The molecule has 17 heavy (non-hydrogen) atoms. The molecule has 0 aliphatic heterocycles. The van der Waals surface area contributed by atoms with Gasteiger partial charge in [0.15, 0.2) is 11.6 Å². The fourth-order valence-electron chi connectivity index (χ4n) is 1.44. The standard InChI is InChI=1S/C11H8F3NS.ClH/c12-6-3-4-7(13)10(14)9(6)11(15)8-2-1-5-16-8;/h1-5,11H,15H2;1H/t11-;/m0./s1. The van der Waals surface area contributed by atoms with Crippen molar-refractivity contribution in [1.82, 2.24) is 0 Å². The predicted octanol–water partition coefficient (Wildman–Crippen LogP) is 3.64. The van der Waals surface area contributed by atoms with E-state index in [-0.39, 0.29) is 12.4 Å². The Balaban J connectivity index is 0.00000144. The zero-order valence-electron chi connectivity index (χ0n) is 8.49. The number of benzene rings is 1. The summed E-state index contributed by atoms with van der Waals surface area (Å²) >= 11 is 1.27. The van der Waals surface area contributed by atoms with Crippen molar-refractivity contribution < 1.29 is 13.2 Å². The van der Waals surface area contributed by atoms with E-state index in [0.29, 0.717) is 4.88 Å². The fourth-order valence-corrected chi connectivity index (χ4v) is 2.17. The van der Waals surface area contributed by atoms with Crippen LogP contribution in [0.2, 0.25) is 0 Å². The van der Waals surface area contributed by atoms with Gasteiger partial charge in [0, 0.05) is 10.4 Å². The Kier molecular flexibility index (Phi) is 4.56. The first kappa shape index (κ1) is 14.0. The van der Waals surface area contributed by atoms with Gasteiger partial charge in [-0.3, -0.25) is 0 Å². The van der Waals surface area contributed by atoms with Crippen LogP contribution in [0.1, 0.15) is 16.5 Å². The van der Waals surface area contributed by atoms with E-state index in [1.54, 1.807) is 17.5 Å². The molecule has 1 heterocycles. The molecule has 0 saturated carbocycles. The number of halogens is 4. The smallest absolute Gasteiger partial charge is 0.166 e. The molecular formula is C11H9ClF3NS. The molecule has 1 atom stereocenters. The molecule has 2 N–H and O–H groups in total. The first-order valence-corrected chi connectivity index (χ1v) is 5.41. The van der Waals surface area contributed by atoms with Crippen LogP contribution in [0.4, 0.5) is 13.2 Å². The van der Waals surface area contributed by atoms with E-state index >= 15 is 0 Å². The van der Waals surface area contributed by atoms with Crippen molar-refractivity contribution in [3.63, 3.8) is 0 Å². The maximum Gasteiger partial charge on any atom is 0.166 e. The normalized spacial score (nSPS) is 12.0. The Morgan fingerprint density at radius 2 is 1.71 bits per heavy atom. The summed E-state index contributed by atoms with van der Waals surface area (Å²) < 4.78 is 39.8. The van der Waals surface area contributed by atoms with Crippen LogP contribution in [-0.2, 0) is 0 Å². The summed E-state index contributed by atoms with van der Waals surface area (Å²) in [5.74, 6) is -3.15. The molecule has 1 nitrogen and oxygen atoms in total. The highest BCUT2D eigenvalue weighted by atomic mass is 35.5. The first-order chi connectivity index (χ1) is 7.61. The second-order valence-electron chi connectivity index (χ2n) is 3.25. The van der Waals surface area contributed by atoms with Gasteiger partial charge in [0.05, 0.1) is 6.04 Å². The van der Waals surface area contributed by atoms with Gasteiger partial charge in [0.1, 0.15) is 5.82 Å². The molecule has 0 fully saturated rings. The van der Waals surface area contributed by atoms with Gasteiger partial charge in [0.2, 0.25) is 0 Å². The van der Waals surface area contributed by atoms with Crippen molar-refractivity contribution in [2.75, 3.05) is 0 Å². The first-order valence-electron chi connectivity index (χ1n) is 4.53. The highest BCUT2D eigenvalue weighted by Gasteiger charge is 2.21. The lowest BCUT2D eigenvalue weighted by molar-refractivity contribution is 0.474. The van der Waals surface area contributed by atoms with Crippen molar-refractivity contribution >= 4 is 23.7 Å². The molecular weight excluding hydrogens is 271 g/mol. The highest BCUT2D eigenvalue weighted by Crippen LogP contribution is 2.28. The van der Waals surface area contributed by atoms with E-state index in [4.69, 9.17) is 5.73 Å². The molecule has 0 amide bonds. The van der Waals surface area contributed by atoms with Crippen LogP contribution in [0.5, 0.6) is 0 Å². The van der Waals surface area contributed by atoms with Gasteiger partial charge in [-0.2, -0.15) is 0 Å². The maximum atomic E-state index is 13.4. The molecule has 1 aromatic heterocycles. The van der Waals surface area contributed by atoms with Crippen molar-refractivity contribution in [3.8, 4) is 0 Å². The summed E-state index contributed by atoms with van der Waals surface area (Å²) in [7, 11) is 0. The van der Waals surface area contributed by atoms with E-state index in [0.717, 1.165) is 12.1 Å². The molecule has 0 radical (unpaired) electrons. The maximum absolute atomic E-state index is 13.4. The molecule has 0 bridgehead atoms. The lowest BCUT2D eigenvalue weighted by Gasteiger charge is -2.12. The zero-order chi connectivity index (χ0) is 11.7. The SMILES string of the molecule is Cl.N[C@@H](c1cccs1)c1c(F)ccc(F)c1F. The summed E-state index contributed by atoms with van der Waals surface area (Å²) in [6.07, 6.45) is 0. The van der Waals surface area contributed by atoms with Gasteiger partial charge in [-0.1, -0.05) is 6.07 Å². The molecule has 0 unspecified atom stereocenters. The minimum atomic E-state index is -1.22. The average molecular weight is 280 g/mol. The Bertz CT molecular complexity index is 502. The third kappa shape index (κ3) is 2.62. The summed E-state index contributed by atoms with van der Waals surface area (Å²) in [6, 6.07) is 4.01. The summed E-state index contributed by atoms with van der Waals surface area (Å²) in [4.78, 5) is 0.586. The second kappa shape index (κ2) is 5.53. The number of thiophene rings is 1. The monoisotopic (exact) mass is 279 g/mol. The number of hydrogen-bond donors (Lipinski definition) is 1. The van der Waals surface area contributed by atoms with Crippen molar-refractivity contribution in [2.24, 2.45) is 5.73 Å². The molecule has 6 heteroatoms. The summed E-state index contributed by atoms with van der Waals surface area (Å²) in [5, 5.41) is 1.74. The molecule has 0 spiro atoms. The quantitative estimate of drug-likeness (QED) is 0.835. The van der Waals surface area contributed by atoms with Crippen LogP contribution < -0.4 is 5.73 Å². The third-order valence-electron chi connectivity index (χ3n) is 2.24. The van der Waals surface area contributed by atoms with Crippen LogP contribution in [0, 0.1) is 17.5 Å². The second-order valence-corrected chi connectivity index (χ2v) is 4.23. The molecule has 92 valence electrons. The van der Waals surface area contributed by atoms with Crippen molar-refractivity contribution in [3.05, 3.63) is 57.5 Å². The average Bonchev–Trinajstić information content (AvgIpc) is 2.77. The molecule has 0 aliphatic rings. The Morgan fingerprint density at radius 3 is 2.29 bits per heavy atom. The van der Waals surface area contributed by atoms with E-state index in [1.807, 2.05) is 0 Å². The Labute approximate surface area is 106 Å². The predicted molar refractivity (Wildman–Crippen MR) is 63.9 cm³/mol. The number of nitrogens with two attached hydrogens (primary N) is 1. The van der Waals surface area contributed by atoms with Crippen LogP contribution in [0.15, 0.2) is 29.6 Å².